The zero-order valence-electron chi connectivity index (χ0n) is 15.6. The Labute approximate surface area is 167 Å². The maximum atomic E-state index is 12.7. The fourth-order valence-electron chi connectivity index (χ4n) is 3.40. The molecule has 3 aromatic rings. The summed E-state index contributed by atoms with van der Waals surface area (Å²) in [6.45, 7) is 2.63. The molecule has 2 heterocycles. The predicted octanol–water partition coefficient (Wildman–Crippen LogP) is 4.86. The Bertz CT molecular complexity index is 1020. The van der Waals surface area contributed by atoms with E-state index in [2.05, 4.69) is 5.32 Å². The van der Waals surface area contributed by atoms with Gasteiger partial charge in [0.25, 0.3) is 5.91 Å². The number of amides is 1. The van der Waals surface area contributed by atoms with Gasteiger partial charge in [-0.05, 0) is 42.2 Å². The molecule has 144 valence electrons. The van der Waals surface area contributed by atoms with Crippen molar-refractivity contribution in [2.45, 2.75) is 25.9 Å². The van der Waals surface area contributed by atoms with Gasteiger partial charge >= 0.3 is 5.97 Å². The van der Waals surface area contributed by atoms with E-state index in [0.717, 1.165) is 28.3 Å². The highest BCUT2D eigenvalue weighted by atomic mass is 32.1. The first-order chi connectivity index (χ1) is 13.7. The minimum Gasteiger partial charge on any atom is -0.462 e. The van der Waals surface area contributed by atoms with Gasteiger partial charge < -0.3 is 14.8 Å². The quantitative estimate of drug-likeness (QED) is 0.627. The van der Waals surface area contributed by atoms with Crippen molar-refractivity contribution < 1.29 is 19.1 Å². The van der Waals surface area contributed by atoms with Crippen LogP contribution >= 0.6 is 11.3 Å². The Morgan fingerprint density at radius 1 is 1.21 bits per heavy atom. The number of benzene rings is 2. The van der Waals surface area contributed by atoms with Crippen LogP contribution in [0.1, 0.15) is 30.1 Å². The Hall–Kier alpha value is -2.70. The van der Waals surface area contributed by atoms with E-state index in [1.165, 1.54) is 11.3 Å². The molecule has 1 aromatic heterocycles. The van der Waals surface area contributed by atoms with Crippen LogP contribution in [-0.2, 0) is 14.3 Å². The second-order valence-electron chi connectivity index (χ2n) is 6.63. The van der Waals surface area contributed by atoms with E-state index in [0.29, 0.717) is 23.6 Å². The largest absolute Gasteiger partial charge is 0.462 e. The highest BCUT2D eigenvalue weighted by Gasteiger charge is 2.27. The molecule has 1 amide bonds. The topological polar surface area (TPSA) is 64.6 Å². The van der Waals surface area contributed by atoms with E-state index in [4.69, 9.17) is 9.47 Å². The summed E-state index contributed by atoms with van der Waals surface area (Å²) in [5, 5.41) is 7.48. The average Bonchev–Trinajstić information content (AvgIpc) is 3.38. The molecule has 0 saturated carbocycles. The average molecular weight is 395 g/mol. The third-order valence-corrected chi connectivity index (χ3v) is 5.69. The summed E-state index contributed by atoms with van der Waals surface area (Å²) >= 11 is 1.33. The minimum absolute atomic E-state index is 0.213. The van der Waals surface area contributed by atoms with Crippen molar-refractivity contribution in [3.05, 3.63) is 53.4 Å². The van der Waals surface area contributed by atoms with Crippen LogP contribution in [0.2, 0.25) is 0 Å². The molecule has 6 heteroatoms. The van der Waals surface area contributed by atoms with Gasteiger partial charge in [-0.1, -0.05) is 36.4 Å². The molecule has 1 unspecified atom stereocenters. The molecule has 28 heavy (non-hydrogen) atoms. The molecule has 1 N–H and O–H groups in total. The van der Waals surface area contributed by atoms with Crippen molar-refractivity contribution in [3.63, 3.8) is 0 Å². The molecule has 0 radical (unpaired) electrons. The Kier molecular flexibility index (Phi) is 5.41. The van der Waals surface area contributed by atoms with Gasteiger partial charge in [0.2, 0.25) is 0 Å². The first kappa shape index (κ1) is 18.7. The number of rotatable bonds is 5. The van der Waals surface area contributed by atoms with E-state index in [9.17, 15) is 9.59 Å². The molecule has 0 bridgehead atoms. The van der Waals surface area contributed by atoms with Crippen LogP contribution < -0.4 is 5.32 Å². The van der Waals surface area contributed by atoms with E-state index in [1.807, 2.05) is 47.8 Å². The third kappa shape index (κ3) is 3.66. The van der Waals surface area contributed by atoms with Gasteiger partial charge in [0.15, 0.2) is 0 Å². The van der Waals surface area contributed by atoms with Gasteiger partial charge in [0, 0.05) is 17.6 Å². The molecular weight excluding hydrogens is 374 g/mol. The van der Waals surface area contributed by atoms with Crippen molar-refractivity contribution in [3.8, 4) is 11.1 Å². The zero-order valence-corrected chi connectivity index (χ0v) is 16.4. The maximum Gasteiger partial charge on any atom is 0.341 e. The Balaban J connectivity index is 1.72. The number of anilines is 1. The molecule has 5 nitrogen and oxygen atoms in total. The lowest BCUT2D eigenvalue weighted by molar-refractivity contribution is -0.124. The standard InChI is InChI=1S/C22H21NO4S/c1-2-26-22(25)19-17(16-10-9-14-6-3-4-7-15(14)12-16)13-28-21(19)23-20(24)18-8-5-11-27-18/h3-4,6-7,9-10,12-13,18H,2,5,8,11H2,1H3,(H,23,24). The van der Waals surface area contributed by atoms with Crippen LogP contribution in [0.3, 0.4) is 0 Å². The normalized spacial score (nSPS) is 16.2. The number of carbonyl (C=O) groups excluding carboxylic acids is 2. The summed E-state index contributed by atoms with van der Waals surface area (Å²) in [4.78, 5) is 25.2. The summed E-state index contributed by atoms with van der Waals surface area (Å²) in [6.07, 6.45) is 1.11. The Morgan fingerprint density at radius 3 is 2.79 bits per heavy atom. The first-order valence-corrected chi connectivity index (χ1v) is 10.3. The van der Waals surface area contributed by atoms with E-state index in [1.54, 1.807) is 6.92 Å². The number of hydrogen-bond donors (Lipinski definition) is 1. The molecule has 1 aliphatic rings. The molecule has 1 aliphatic heterocycles. The summed E-state index contributed by atoms with van der Waals surface area (Å²) in [5.74, 6) is -0.649. The fraction of sp³-hybridized carbons (Fsp3) is 0.273. The maximum absolute atomic E-state index is 12.7. The number of nitrogens with one attached hydrogen (secondary N) is 1. The number of ether oxygens (including phenoxy) is 2. The summed E-state index contributed by atoms with van der Waals surface area (Å²) < 4.78 is 10.7. The first-order valence-electron chi connectivity index (χ1n) is 9.37. The van der Waals surface area contributed by atoms with Gasteiger partial charge in [-0.3, -0.25) is 4.79 Å². The van der Waals surface area contributed by atoms with Crippen molar-refractivity contribution in [2.24, 2.45) is 0 Å². The third-order valence-electron chi connectivity index (χ3n) is 4.79. The van der Waals surface area contributed by atoms with Crippen LogP contribution in [-0.4, -0.2) is 31.2 Å². The monoisotopic (exact) mass is 395 g/mol. The summed E-state index contributed by atoms with van der Waals surface area (Å²) in [6, 6.07) is 14.1. The number of thiophene rings is 1. The molecule has 4 rings (SSSR count). The molecule has 1 fully saturated rings. The number of fused-ring (bicyclic) bond motifs is 1. The summed E-state index contributed by atoms with van der Waals surface area (Å²) in [5.41, 5.74) is 2.07. The SMILES string of the molecule is CCOC(=O)c1c(-c2ccc3ccccc3c2)csc1NC(=O)C1CCCO1. The Morgan fingerprint density at radius 2 is 2.04 bits per heavy atom. The van der Waals surface area contributed by atoms with Crippen LogP contribution in [0.25, 0.3) is 21.9 Å². The second kappa shape index (κ2) is 8.12. The van der Waals surface area contributed by atoms with Crippen molar-refractivity contribution in [1.29, 1.82) is 0 Å². The van der Waals surface area contributed by atoms with Crippen molar-refractivity contribution in [1.82, 2.24) is 0 Å². The van der Waals surface area contributed by atoms with E-state index in [-0.39, 0.29) is 12.5 Å². The number of hydrogen-bond acceptors (Lipinski definition) is 5. The van der Waals surface area contributed by atoms with Crippen LogP contribution in [0.4, 0.5) is 5.00 Å². The van der Waals surface area contributed by atoms with Crippen molar-refractivity contribution in [2.75, 3.05) is 18.5 Å². The fourth-order valence-corrected chi connectivity index (χ4v) is 4.36. The molecular formula is C22H21NO4S. The van der Waals surface area contributed by atoms with Crippen molar-refractivity contribution >= 4 is 39.0 Å². The second-order valence-corrected chi connectivity index (χ2v) is 7.51. The molecule has 1 saturated heterocycles. The predicted molar refractivity (Wildman–Crippen MR) is 111 cm³/mol. The van der Waals surface area contributed by atoms with Gasteiger partial charge in [-0.25, -0.2) is 4.79 Å². The highest BCUT2D eigenvalue weighted by molar-refractivity contribution is 7.15. The molecule has 0 spiro atoms. The molecule has 1 atom stereocenters. The highest BCUT2D eigenvalue weighted by Crippen LogP contribution is 2.37. The van der Waals surface area contributed by atoms with Gasteiger partial charge in [0.1, 0.15) is 16.7 Å². The van der Waals surface area contributed by atoms with Crippen LogP contribution in [0, 0.1) is 0 Å². The molecule has 0 aliphatic carbocycles. The smallest absolute Gasteiger partial charge is 0.341 e. The number of esters is 1. The van der Waals surface area contributed by atoms with E-state index >= 15 is 0 Å². The van der Waals surface area contributed by atoms with Gasteiger partial charge in [0.05, 0.1) is 6.61 Å². The van der Waals surface area contributed by atoms with Crippen LogP contribution in [0.5, 0.6) is 0 Å². The van der Waals surface area contributed by atoms with Crippen LogP contribution in [0.15, 0.2) is 47.8 Å². The van der Waals surface area contributed by atoms with E-state index < -0.39 is 12.1 Å². The lowest BCUT2D eigenvalue weighted by atomic mass is 10.00. The summed E-state index contributed by atoms with van der Waals surface area (Å²) in [7, 11) is 0. The lowest BCUT2D eigenvalue weighted by Gasteiger charge is -2.12. The minimum atomic E-state index is -0.457. The lowest BCUT2D eigenvalue weighted by Crippen LogP contribution is -2.27. The molecule has 2 aromatic carbocycles. The van der Waals surface area contributed by atoms with Gasteiger partial charge in [-0.2, -0.15) is 0 Å². The zero-order chi connectivity index (χ0) is 19.5. The number of carbonyl (C=O) groups is 2. The van der Waals surface area contributed by atoms with Gasteiger partial charge in [-0.15, -0.1) is 11.3 Å².